The minimum atomic E-state index is -0.839. The van der Waals surface area contributed by atoms with Crippen LogP contribution in [0.15, 0.2) is 47.6 Å². The number of benzene rings is 2. The minimum absolute atomic E-state index is 0.113. The summed E-state index contributed by atoms with van der Waals surface area (Å²) in [6.07, 6.45) is 1.64. The van der Waals surface area contributed by atoms with E-state index < -0.39 is 22.8 Å². The second-order valence-corrected chi connectivity index (χ2v) is 7.85. The number of rotatable bonds is 11. The van der Waals surface area contributed by atoms with Gasteiger partial charge in [0.25, 0.3) is 11.8 Å². The van der Waals surface area contributed by atoms with Crippen LogP contribution in [0.5, 0.6) is 11.5 Å². The van der Waals surface area contributed by atoms with Crippen molar-refractivity contribution in [2.24, 2.45) is 11.0 Å². The number of halogens is 1. The van der Waals surface area contributed by atoms with Crippen LogP contribution >= 0.6 is 11.6 Å². The molecule has 2 aromatic rings. The lowest BCUT2D eigenvalue weighted by Gasteiger charge is -2.19. The Balaban J connectivity index is 1.97. The Morgan fingerprint density at radius 3 is 2.52 bits per heavy atom. The van der Waals surface area contributed by atoms with Gasteiger partial charge in [-0.15, -0.1) is 0 Å². The van der Waals surface area contributed by atoms with E-state index in [4.69, 9.17) is 21.1 Å². The average Bonchev–Trinajstić information content (AvgIpc) is 2.77. The van der Waals surface area contributed by atoms with Crippen LogP contribution in [0, 0.1) is 16.0 Å². The summed E-state index contributed by atoms with van der Waals surface area (Å²) >= 11 is 5.82. The van der Waals surface area contributed by atoms with Gasteiger partial charge in [0.15, 0.2) is 12.4 Å². The lowest BCUT2D eigenvalue weighted by atomic mass is 10.0. The minimum Gasteiger partial charge on any atom is -0.490 e. The van der Waals surface area contributed by atoms with Gasteiger partial charge < -0.3 is 14.8 Å². The Morgan fingerprint density at radius 2 is 1.91 bits per heavy atom. The molecule has 0 bridgehead atoms. The van der Waals surface area contributed by atoms with Gasteiger partial charge in [-0.25, -0.2) is 5.43 Å². The second kappa shape index (κ2) is 12.4. The zero-order valence-corrected chi connectivity index (χ0v) is 19.2. The summed E-state index contributed by atoms with van der Waals surface area (Å²) < 4.78 is 10.4. The number of nitrogens with zero attached hydrogens (tertiary/aromatic N) is 2. The summed E-state index contributed by atoms with van der Waals surface area (Å²) in [6.45, 7) is 3.55. The molecule has 10 nitrogen and oxygen atoms in total. The SMILES string of the molecule is COc1ccc(/C=N\NC(=O)[C@@H](CC(C)C)NC(=O)COc2ccc(Cl)cc2)cc1[N+](=O)[O-]. The van der Waals surface area contributed by atoms with Crippen molar-refractivity contribution in [2.45, 2.75) is 26.3 Å². The number of nitro benzene ring substituents is 1. The van der Waals surface area contributed by atoms with Gasteiger partial charge in [0, 0.05) is 16.7 Å². The summed E-state index contributed by atoms with van der Waals surface area (Å²) in [7, 11) is 1.33. The van der Waals surface area contributed by atoms with Crippen LogP contribution < -0.4 is 20.2 Å². The van der Waals surface area contributed by atoms with Crippen molar-refractivity contribution in [3.63, 3.8) is 0 Å². The van der Waals surface area contributed by atoms with Gasteiger partial charge in [-0.2, -0.15) is 5.10 Å². The van der Waals surface area contributed by atoms with Crippen molar-refractivity contribution in [1.82, 2.24) is 10.7 Å². The fraction of sp³-hybridized carbons (Fsp3) is 0.318. The number of ether oxygens (including phenoxy) is 2. The van der Waals surface area contributed by atoms with Crippen molar-refractivity contribution >= 4 is 35.3 Å². The van der Waals surface area contributed by atoms with E-state index in [1.54, 1.807) is 30.3 Å². The standard InChI is InChI=1S/C22H25ClN4O6/c1-14(2)10-18(25-21(28)13-33-17-7-5-16(23)6-8-17)22(29)26-24-12-15-4-9-20(32-3)19(11-15)27(30)31/h4-9,11-12,14,18H,10,13H2,1-3H3,(H,25,28)(H,26,29)/b24-12-/t18-/m1/s1. The first-order valence-corrected chi connectivity index (χ1v) is 10.4. The lowest BCUT2D eigenvalue weighted by Crippen LogP contribution is -2.47. The summed E-state index contributed by atoms with van der Waals surface area (Å²) in [4.78, 5) is 35.4. The molecule has 11 heteroatoms. The highest BCUT2D eigenvalue weighted by molar-refractivity contribution is 6.30. The van der Waals surface area contributed by atoms with Crippen molar-refractivity contribution in [2.75, 3.05) is 13.7 Å². The third-order valence-corrected chi connectivity index (χ3v) is 4.58. The van der Waals surface area contributed by atoms with Gasteiger partial charge in [-0.05, 0) is 48.7 Å². The van der Waals surface area contributed by atoms with Crippen LogP contribution in [-0.2, 0) is 9.59 Å². The second-order valence-electron chi connectivity index (χ2n) is 7.41. The first-order chi connectivity index (χ1) is 15.7. The first kappa shape index (κ1) is 25.6. The molecule has 0 saturated carbocycles. The largest absolute Gasteiger partial charge is 0.490 e. The quantitative estimate of drug-likeness (QED) is 0.290. The molecule has 0 unspecified atom stereocenters. The summed E-state index contributed by atoms with van der Waals surface area (Å²) in [5.74, 6) is -0.297. The first-order valence-electron chi connectivity index (χ1n) is 10.0. The van der Waals surface area contributed by atoms with Crippen LogP contribution in [0.2, 0.25) is 5.02 Å². The van der Waals surface area contributed by atoms with Crippen LogP contribution in [0.3, 0.4) is 0 Å². The smallest absolute Gasteiger partial charge is 0.311 e. The average molecular weight is 477 g/mol. The Morgan fingerprint density at radius 1 is 1.21 bits per heavy atom. The van der Waals surface area contributed by atoms with Crippen LogP contribution in [0.1, 0.15) is 25.8 Å². The summed E-state index contributed by atoms with van der Waals surface area (Å²) in [5, 5.41) is 18.2. The third kappa shape index (κ3) is 8.41. The Hall–Kier alpha value is -3.66. The molecule has 33 heavy (non-hydrogen) atoms. The van der Waals surface area contributed by atoms with Crippen LogP contribution in [0.4, 0.5) is 5.69 Å². The maximum Gasteiger partial charge on any atom is 0.311 e. The summed E-state index contributed by atoms with van der Waals surface area (Å²) in [5.41, 5.74) is 2.53. The maximum atomic E-state index is 12.6. The summed E-state index contributed by atoms with van der Waals surface area (Å²) in [6, 6.07) is 9.97. The molecule has 2 amide bonds. The molecule has 0 aliphatic carbocycles. The number of hydrogen-bond acceptors (Lipinski definition) is 7. The molecular formula is C22H25ClN4O6. The Kier molecular flexibility index (Phi) is 9.62. The predicted octanol–water partition coefficient (Wildman–Crippen LogP) is 3.32. The van der Waals surface area contributed by atoms with Crippen molar-refractivity contribution in [1.29, 1.82) is 0 Å². The van der Waals surface area contributed by atoms with Crippen molar-refractivity contribution in [3.05, 3.63) is 63.2 Å². The molecule has 1 atom stereocenters. The highest BCUT2D eigenvalue weighted by atomic mass is 35.5. The van der Waals surface area contributed by atoms with Crippen LogP contribution in [0.25, 0.3) is 0 Å². The number of amides is 2. The topological polar surface area (TPSA) is 132 Å². The molecule has 0 aromatic heterocycles. The van der Waals surface area contributed by atoms with E-state index in [1.165, 1.54) is 25.5 Å². The molecular weight excluding hydrogens is 452 g/mol. The van der Waals surface area contributed by atoms with E-state index in [2.05, 4.69) is 15.8 Å². The van der Waals surface area contributed by atoms with E-state index in [0.717, 1.165) is 0 Å². The molecule has 0 aliphatic rings. The van der Waals surface area contributed by atoms with Crippen molar-refractivity contribution in [3.8, 4) is 11.5 Å². The maximum absolute atomic E-state index is 12.6. The number of carbonyl (C=O) groups excluding carboxylic acids is 2. The van der Waals surface area contributed by atoms with E-state index in [0.29, 0.717) is 22.8 Å². The highest BCUT2D eigenvalue weighted by Crippen LogP contribution is 2.26. The fourth-order valence-corrected chi connectivity index (χ4v) is 2.92. The normalized spacial score (nSPS) is 11.8. The van der Waals surface area contributed by atoms with Gasteiger partial charge in [-0.1, -0.05) is 25.4 Å². The molecule has 2 rings (SSSR count). The fourth-order valence-electron chi connectivity index (χ4n) is 2.80. The van der Waals surface area contributed by atoms with E-state index in [-0.39, 0.29) is 24.0 Å². The number of methoxy groups -OCH3 is 1. The number of hydrogen-bond donors (Lipinski definition) is 2. The predicted molar refractivity (Wildman–Crippen MR) is 124 cm³/mol. The number of nitro groups is 1. The molecule has 0 fully saturated rings. The molecule has 0 saturated heterocycles. The van der Waals surface area contributed by atoms with E-state index in [9.17, 15) is 19.7 Å². The zero-order valence-electron chi connectivity index (χ0n) is 18.4. The molecule has 2 aromatic carbocycles. The molecule has 0 radical (unpaired) electrons. The number of hydrazone groups is 1. The lowest BCUT2D eigenvalue weighted by molar-refractivity contribution is -0.385. The van der Waals surface area contributed by atoms with Gasteiger partial charge in [-0.3, -0.25) is 19.7 Å². The van der Waals surface area contributed by atoms with Crippen LogP contribution in [-0.4, -0.2) is 42.7 Å². The highest BCUT2D eigenvalue weighted by Gasteiger charge is 2.22. The number of nitrogens with one attached hydrogen (secondary N) is 2. The zero-order chi connectivity index (χ0) is 24.4. The molecule has 0 heterocycles. The monoisotopic (exact) mass is 476 g/mol. The molecule has 0 spiro atoms. The van der Waals surface area contributed by atoms with Crippen molar-refractivity contribution < 1.29 is 24.0 Å². The Labute approximate surface area is 196 Å². The van der Waals surface area contributed by atoms with Gasteiger partial charge in [0.05, 0.1) is 18.2 Å². The number of carbonyl (C=O) groups is 2. The molecule has 0 aliphatic heterocycles. The molecule has 2 N–H and O–H groups in total. The molecule has 176 valence electrons. The third-order valence-electron chi connectivity index (χ3n) is 4.33. The van der Waals surface area contributed by atoms with E-state index >= 15 is 0 Å². The van der Waals surface area contributed by atoms with Gasteiger partial charge >= 0.3 is 5.69 Å². The van der Waals surface area contributed by atoms with Gasteiger partial charge in [0.1, 0.15) is 11.8 Å². The van der Waals surface area contributed by atoms with E-state index in [1.807, 2.05) is 13.8 Å². The Bertz CT molecular complexity index is 1010. The van der Waals surface area contributed by atoms with Gasteiger partial charge in [0.2, 0.25) is 0 Å².